The van der Waals surface area contributed by atoms with Gasteiger partial charge in [0.2, 0.25) is 0 Å². The minimum Gasteiger partial charge on any atom is -0.398 e. The number of fused-ring (bicyclic) bond motifs is 1. The molecule has 1 fully saturated rings. The molecule has 3 aromatic heterocycles. The summed E-state index contributed by atoms with van der Waals surface area (Å²) in [6.45, 7) is 1.59. The SMILES string of the molecule is Nc1ccncc1-c1cnc2cncc(N3CCC(O)CC3)n12. The van der Waals surface area contributed by atoms with Gasteiger partial charge in [0, 0.05) is 36.7 Å². The summed E-state index contributed by atoms with van der Waals surface area (Å²) < 4.78 is 2.05. The number of rotatable bonds is 2. The van der Waals surface area contributed by atoms with Crippen molar-refractivity contribution in [2.45, 2.75) is 18.9 Å². The number of aliphatic hydroxyl groups excluding tert-OH is 1. The summed E-state index contributed by atoms with van der Waals surface area (Å²) in [4.78, 5) is 15.2. The number of imidazole rings is 1. The lowest BCUT2D eigenvalue weighted by atomic mass is 10.1. The van der Waals surface area contributed by atoms with Crippen molar-refractivity contribution in [1.82, 2.24) is 19.4 Å². The number of aliphatic hydroxyl groups is 1. The zero-order valence-corrected chi connectivity index (χ0v) is 12.6. The Morgan fingerprint density at radius 3 is 2.70 bits per heavy atom. The average molecular weight is 310 g/mol. The third-order valence-corrected chi connectivity index (χ3v) is 4.32. The molecule has 7 heteroatoms. The number of hydrogen-bond donors (Lipinski definition) is 2. The lowest BCUT2D eigenvalue weighted by molar-refractivity contribution is 0.145. The van der Waals surface area contributed by atoms with Crippen molar-refractivity contribution in [3.63, 3.8) is 0 Å². The Labute approximate surface area is 133 Å². The fourth-order valence-corrected chi connectivity index (χ4v) is 3.05. The fourth-order valence-electron chi connectivity index (χ4n) is 3.05. The number of pyridine rings is 1. The van der Waals surface area contributed by atoms with E-state index < -0.39 is 0 Å². The summed E-state index contributed by atoms with van der Waals surface area (Å²) >= 11 is 0. The molecule has 0 aliphatic carbocycles. The van der Waals surface area contributed by atoms with E-state index >= 15 is 0 Å². The normalized spacial score (nSPS) is 16.1. The van der Waals surface area contributed by atoms with Crippen LogP contribution in [-0.4, -0.2) is 43.7 Å². The Bertz CT molecular complexity index is 837. The first kappa shape index (κ1) is 14.0. The van der Waals surface area contributed by atoms with Crippen LogP contribution in [0.1, 0.15) is 12.8 Å². The summed E-state index contributed by atoms with van der Waals surface area (Å²) in [6, 6.07) is 1.78. The van der Waals surface area contributed by atoms with Gasteiger partial charge in [-0.3, -0.25) is 14.4 Å². The summed E-state index contributed by atoms with van der Waals surface area (Å²) in [5.74, 6) is 0.963. The monoisotopic (exact) mass is 310 g/mol. The van der Waals surface area contributed by atoms with E-state index in [9.17, 15) is 5.11 Å². The van der Waals surface area contributed by atoms with Crippen LogP contribution in [0.2, 0.25) is 0 Å². The molecule has 0 amide bonds. The molecular formula is C16H18N6O. The lowest BCUT2D eigenvalue weighted by Crippen LogP contribution is -2.36. The second-order valence-corrected chi connectivity index (χ2v) is 5.78. The molecule has 4 heterocycles. The molecule has 0 radical (unpaired) electrons. The molecule has 3 aromatic rings. The van der Waals surface area contributed by atoms with Gasteiger partial charge in [0.05, 0.1) is 30.4 Å². The van der Waals surface area contributed by atoms with E-state index in [-0.39, 0.29) is 6.10 Å². The van der Waals surface area contributed by atoms with E-state index in [1.165, 1.54) is 0 Å². The van der Waals surface area contributed by atoms with E-state index in [2.05, 4.69) is 24.3 Å². The van der Waals surface area contributed by atoms with Crippen LogP contribution in [0.4, 0.5) is 11.5 Å². The molecule has 0 aromatic carbocycles. The maximum Gasteiger partial charge on any atom is 0.157 e. The first-order chi connectivity index (χ1) is 11.2. The summed E-state index contributed by atoms with van der Waals surface area (Å²) in [6.07, 6.45) is 10.1. The Morgan fingerprint density at radius 1 is 1.09 bits per heavy atom. The van der Waals surface area contributed by atoms with Crippen LogP contribution in [0.15, 0.2) is 37.1 Å². The number of nitrogen functional groups attached to an aromatic ring is 1. The first-order valence-corrected chi connectivity index (χ1v) is 7.68. The Morgan fingerprint density at radius 2 is 1.91 bits per heavy atom. The number of aromatic nitrogens is 4. The molecular weight excluding hydrogens is 292 g/mol. The first-order valence-electron chi connectivity index (χ1n) is 7.68. The predicted molar refractivity (Wildman–Crippen MR) is 88.1 cm³/mol. The van der Waals surface area contributed by atoms with Gasteiger partial charge in [-0.15, -0.1) is 0 Å². The quantitative estimate of drug-likeness (QED) is 0.742. The van der Waals surface area contributed by atoms with Crippen LogP contribution in [0.25, 0.3) is 16.9 Å². The topological polar surface area (TPSA) is 92.6 Å². The van der Waals surface area contributed by atoms with Crippen molar-refractivity contribution in [2.24, 2.45) is 0 Å². The average Bonchev–Trinajstić information content (AvgIpc) is 3.00. The number of nitrogens with zero attached hydrogens (tertiary/aromatic N) is 5. The second-order valence-electron chi connectivity index (χ2n) is 5.78. The molecule has 1 saturated heterocycles. The largest absolute Gasteiger partial charge is 0.398 e. The maximum atomic E-state index is 9.73. The minimum absolute atomic E-state index is 0.213. The van der Waals surface area contributed by atoms with Crippen molar-refractivity contribution in [3.05, 3.63) is 37.1 Å². The highest BCUT2D eigenvalue weighted by atomic mass is 16.3. The molecule has 4 rings (SSSR count). The molecule has 3 N–H and O–H groups in total. The van der Waals surface area contributed by atoms with Crippen LogP contribution in [0, 0.1) is 0 Å². The molecule has 1 aliphatic heterocycles. The number of nitrogens with two attached hydrogens (primary N) is 1. The highest BCUT2D eigenvalue weighted by Crippen LogP contribution is 2.29. The fraction of sp³-hybridized carbons (Fsp3) is 0.312. The zero-order chi connectivity index (χ0) is 15.8. The smallest absolute Gasteiger partial charge is 0.157 e. The third kappa shape index (κ3) is 2.39. The Kier molecular flexibility index (Phi) is 3.34. The van der Waals surface area contributed by atoms with Gasteiger partial charge in [0.15, 0.2) is 5.65 Å². The van der Waals surface area contributed by atoms with Gasteiger partial charge in [-0.1, -0.05) is 0 Å². The van der Waals surface area contributed by atoms with E-state index in [0.717, 1.165) is 48.7 Å². The molecule has 7 nitrogen and oxygen atoms in total. The second kappa shape index (κ2) is 5.51. The molecule has 118 valence electrons. The highest BCUT2D eigenvalue weighted by Gasteiger charge is 2.21. The summed E-state index contributed by atoms with van der Waals surface area (Å²) in [7, 11) is 0. The molecule has 0 unspecified atom stereocenters. The van der Waals surface area contributed by atoms with Crippen LogP contribution in [-0.2, 0) is 0 Å². The van der Waals surface area contributed by atoms with Gasteiger partial charge in [-0.2, -0.15) is 0 Å². The van der Waals surface area contributed by atoms with Crippen molar-refractivity contribution in [3.8, 4) is 11.3 Å². The predicted octanol–water partition coefficient (Wildman–Crippen LogP) is 1.33. The van der Waals surface area contributed by atoms with Gasteiger partial charge in [-0.25, -0.2) is 4.98 Å². The van der Waals surface area contributed by atoms with Gasteiger partial charge < -0.3 is 15.7 Å². The molecule has 23 heavy (non-hydrogen) atoms. The van der Waals surface area contributed by atoms with Crippen molar-refractivity contribution in [1.29, 1.82) is 0 Å². The van der Waals surface area contributed by atoms with Crippen LogP contribution in [0.5, 0.6) is 0 Å². The molecule has 0 saturated carbocycles. The van der Waals surface area contributed by atoms with Gasteiger partial charge in [0.1, 0.15) is 5.82 Å². The maximum absolute atomic E-state index is 9.73. The standard InChI is InChI=1S/C16H18N6O/c17-13-1-4-18-7-12(13)14-8-20-15-9-19-10-16(22(14)15)21-5-2-11(23)3-6-21/h1,4,7-11,23H,2-3,5-6H2,(H2,17,18). The zero-order valence-electron chi connectivity index (χ0n) is 12.6. The van der Waals surface area contributed by atoms with E-state index in [1.807, 2.05) is 6.20 Å². The van der Waals surface area contributed by atoms with Crippen molar-refractivity contribution < 1.29 is 5.11 Å². The number of hydrogen-bond acceptors (Lipinski definition) is 6. The Balaban J connectivity index is 1.86. The molecule has 0 atom stereocenters. The van der Waals surface area contributed by atoms with Gasteiger partial charge in [0.25, 0.3) is 0 Å². The van der Waals surface area contributed by atoms with E-state index in [1.54, 1.807) is 30.9 Å². The van der Waals surface area contributed by atoms with Crippen LogP contribution >= 0.6 is 0 Å². The van der Waals surface area contributed by atoms with Crippen molar-refractivity contribution >= 4 is 17.2 Å². The minimum atomic E-state index is -0.213. The molecule has 0 spiro atoms. The number of piperidine rings is 1. The van der Waals surface area contributed by atoms with Gasteiger partial charge in [-0.05, 0) is 18.9 Å². The van der Waals surface area contributed by atoms with Crippen LogP contribution < -0.4 is 10.6 Å². The Hall–Kier alpha value is -2.67. The molecule has 0 bridgehead atoms. The van der Waals surface area contributed by atoms with E-state index in [0.29, 0.717) is 5.69 Å². The molecule has 1 aliphatic rings. The van der Waals surface area contributed by atoms with Crippen LogP contribution in [0.3, 0.4) is 0 Å². The number of anilines is 2. The van der Waals surface area contributed by atoms with Gasteiger partial charge >= 0.3 is 0 Å². The summed E-state index contributed by atoms with van der Waals surface area (Å²) in [5.41, 5.74) is 9.29. The van der Waals surface area contributed by atoms with E-state index in [4.69, 9.17) is 5.73 Å². The summed E-state index contributed by atoms with van der Waals surface area (Å²) in [5, 5.41) is 9.73. The highest BCUT2D eigenvalue weighted by molar-refractivity contribution is 5.76. The van der Waals surface area contributed by atoms with Crippen molar-refractivity contribution in [2.75, 3.05) is 23.7 Å². The third-order valence-electron chi connectivity index (χ3n) is 4.32. The lowest BCUT2D eigenvalue weighted by Gasteiger charge is -2.31.